The third kappa shape index (κ3) is 4.03. The number of nitrogens with one attached hydrogen (secondary N) is 2. The van der Waals surface area contributed by atoms with Crippen molar-refractivity contribution in [1.29, 1.82) is 0 Å². The van der Waals surface area contributed by atoms with E-state index in [1.807, 2.05) is 13.0 Å². The van der Waals surface area contributed by atoms with Crippen LogP contribution in [0, 0.1) is 6.92 Å². The molecule has 0 unspecified atom stereocenters. The Morgan fingerprint density at radius 3 is 2.67 bits per heavy atom. The Morgan fingerprint density at radius 1 is 1.24 bits per heavy atom. The summed E-state index contributed by atoms with van der Waals surface area (Å²) in [5.41, 5.74) is 2.77. The van der Waals surface area contributed by atoms with Crippen molar-refractivity contribution in [2.45, 2.75) is 18.4 Å². The minimum Gasteiger partial charge on any atom is -0.381 e. The molecule has 0 atom stereocenters. The number of benzene rings is 1. The van der Waals surface area contributed by atoms with Crippen LogP contribution in [-0.2, 0) is 16.6 Å². The van der Waals surface area contributed by atoms with Gasteiger partial charge in [0.2, 0.25) is 10.0 Å². The molecule has 0 bridgehead atoms. The number of anilines is 1. The van der Waals surface area contributed by atoms with Gasteiger partial charge in [-0.25, -0.2) is 13.1 Å². The van der Waals surface area contributed by atoms with E-state index in [2.05, 4.69) is 31.0 Å². The molecule has 5 nitrogen and oxygen atoms in total. The zero-order valence-electron chi connectivity index (χ0n) is 11.7. The van der Waals surface area contributed by atoms with Gasteiger partial charge in [-0.2, -0.15) is 0 Å². The summed E-state index contributed by atoms with van der Waals surface area (Å²) in [5.74, 6) is 0. The Labute approximate surface area is 133 Å². The summed E-state index contributed by atoms with van der Waals surface area (Å²) in [7, 11) is -2.04. The maximum Gasteiger partial charge on any atom is 0.240 e. The Kier molecular flexibility index (Phi) is 4.97. The lowest BCUT2D eigenvalue weighted by Crippen LogP contribution is -2.18. The van der Waals surface area contributed by atoms with E-state index in [1.165, 1.54) is 7.05 Å². The van der Waals surface area contributed by atoms with Crippen LogP contribution < -0.4 is 10.0 Å². The second kappa shape index (κ2) is 6.55. The van der Waals surface area contributed by atoms with Gasteiger partial charge in [0.05, 0.1) is 4.90 Å². The fourth-order valence-corrected chi connectivity index (χ4v) is 2.99. The van der Waals surface area contributed by atoms with Gasteiger partial charge in [0, 0.05) is 29.1 Å². The minimum absolute atomic E-state index is 0.241. The standard InChI is InChI=1S/C14H16BrN3O2S/c1-10-3-4-13(21(19,20)16-2)6-14(10)18-8-11-5-12(15)9-17-7-11/h3-7,9,16,18H,8H2,1-2H3. The van der Waals surface area contributed by atoms with E-state index in [-0.39, 0.29) is 4.90 Å². The number of sulfonamides is 1. The highest BCUT2D eigenvalue weighted by molar-refractivity contribution is 9.10. The Morgan fingerprint density at radius 2 is 2.00 bits per heavy atom. The molecule has 7 heteroatoms. The van der Waals surface area contributed by atoms with Gasteiger partial charge in [-0.05, 0) is 59.2 Å². The van der Waals surface area contributed by atoms with Crippen molar-refractivity contribution in [3.8, 4) is 0 Å². The molecule has 112 valence electrons. The van der Waals surface area contributed by atoms with E-state index in [1.54, 1.807) is 30.6 Å². The smallest absolute Gasteiger partial charge is 0.240 e. The summed E-state index contributed by atoms with van der Waals surface area (Å²) < 4.78 is 26.9. The van der Waals surface area contributed by atoms with Crippen LogP contribution in [0.3, 0.4) is 0 Å². The molecule has 0 saturated heterocycles. The highest BCUT2D eigenvalue weighted by atomic mass is 79.9. The first kappa shape index (κ1) is 15.9. The van der Waals surface area contributed by atoms with E-state index < -0.39 is 10.0 Å². The van der Waals surface area contributed by atoms with Crippen molar-refractivity contribution in [2.24, 2.45) is 0 Å². The Bertz CT molecular complexity index is 748. The molecule has 2 N–H and O–H groups in total. The van der Waals surface area contributed by atoms with E-state index in [0.717, 1.165) is 21.3 Å². The van der Waals surface area contributed by atoms with Gasteiger partial charge in [0.1, 0.15) is 0 Å². The highest BCUT2D eigenvalue weighted by Crippen LogP contribution is 2.21. The van der Waals surface area contributed by atoms with Gasteiger partial charge < -0.3 is 5.32 Å². The number of aromatic nitrogens is 1. The molecule has 1 heterocycles. The van der Waals surface area contributed by atoms with Gasteiger partial charge in [0.15, 0.2) is 0 Å². The van der Waals surface area contributed by atoms with Crippen LogP contribution in [0.4, 0.5) is 5.69 Å². The van der Waals surface area contributed by atoms with Crippen LogP contribution in [0.15, 0.2) is 46.0 Å². The fraction of sp³-hybridized carbons (Fsp3) is 0.214. The van der Waals surface area contributed by atoms with Gasteiger partial charge >= 0.3 is 0 Å². The van der Waals surface area contributed by atoms with Gasteiger partial charge in [-0.3, -0.25) is 4.98 Å². The van der Waals surface area contributed by atoms with E-state index in [4.69, 9.17) is 0 Å². The molecule has 0 aliphatic carbocycles. The van der Waals surface area contributed by atoms with Gasteiger partial charge in [-0.15, -0.1) is 0 Å². The minimum atomic E-state index is -3.44. The number of aryl methyl sites for hydroxylation is 1. The summed E-state index contributed by atoms with van der Waals surface area (Å²) in [6, 6.07) is 6.97. The topological polar surface area (TPSA) is 71.1 Å². The quantitative estimate of drug-likeness (QED) is 0.849. The molecule has 0 fully saturated rings. The molecule has 0 radical (unpaired) electrons. The number of halogens is 1. The zero-order valence-corrected chi connectivity index (χ0v) is 14.1. The molecular formula is C14H16BrN3O2S. The lowest BCUT2D eigenvalue weighted by atomic mass is 10.2. The van der Waals surface area contributed by atoms with Crippen LogP contribution in [-0.4, -0.2) is 20.4 Å². The van der Waals surface area contributed by atoms with E-state index in [9.17, 15) is 8.42 Å². The molecule has 2 rings (SSSR count). The first-order chi connectivity index (χ1) is 9.92. The van der Waals surface area contributed by atoms with Crippen molar-refractivity contribution < 1.29 is 8.42 Å². The first-order valence-corrected chi connectivity index (χ1v) is 8.57. The monoisotopic (exact) mass is 369 g/mol. The SMILES string of the molecule is CNS(=O)(=O)c1ccc(C)c(NCc2cncc(Br)c2)c1. The van der Waals surface area contributed by atoms with Crippen molar-refractivity contribution in [3.05, 3.63) is 52.3 Å². The fourth-order valence-electron chi connectivity index (χ4n) is 1.83. The molecule has 1 aromatic heterocycles. The average molecular weight is 370 g/mol. The number of rotatable bonds is 5. The summed E-state index contributed by atoms with van der Waals surface area (Å²) in [6.45, 7) is 2.49. The summed E-state index contributed by atoms with van der Waals surface area (Å²) in [5, 5.41) is 3.24. The van der Waals surface area contributed by atoms with Crippen molar-refractivity contribution >= 4 is 31.6 Å². The molecule has 0 spiro atoms. The summed E-state index contributed by atoms with van der Waals surface area (Å²) in [6.07, 6.45) is 3.48. The Hall–Kier alpha value is -1.44. The number of hydrogen-bond donors (Lipinski definition) is 2. The normalized spacial score (nSPS) is 11.4. The Balaban J connectivity index is 2.22. The van der Waals surface area contributed by atoms with Gasteiger partial charge in [-0.1, -0.05) is 6.07 Å². The molecule has 0 saturated carbocycles. The lowest BCUT2D eigenvalue weighted by Gasteiger charge is -2.12. The highest BCUT2D eigenvalue weighted by Gasteiger charge is 2.12. The van der Waals surface area contributed by atoms with Crippen LogP contribution in [0.25, 0.3) is 0 Å². The van der Waals surface area contributed by atoms with Crippen molar-refractivity contribution in [1.82, 2.24) is 9.71 Å². The number of hydrogen-bond acceptors (Lipinski definition) is 4. The summed E-state index contributed by atoms with van der Waals surface area (Å²) in [4.78, 5) is 4.34. The molecule has 0 amide bonds. The molecule has 2 aromatic rings. The van der Waals surface area contributed by atoms with Crippen molar-refractivity contribution in [2.75, 3.05) is 12.4 Å². The predicted molar refractivity (Wildman–Crippen MR) is 86.7 cm³/mol. The number of nitrogens with zero attached hydrogens (tertiary/aromatic N) is 1. The average Bonchev–Trinajstić information content (AvgIpc) is 2.46. The number of pyridine rings is 1. The zero-order chi connectivity index (χ0) is 15.5. The third-order valence-corrected chi connectivity index (χ3v) is 4.88. The van der Waals surface area contributed by atoms with Crippen LogP contribution in [0.1, 0.15) is 11.1 Å². The molecular weight excluding hydrogens is 354 g/mol. The third-order valence-electron chi connectivity index (χ3n) is 3.03. The molecule has 0 aliphatic heterocycles. The summed E-state index contributed by atoms with van der Waals surface area (Å²) >= 11 is 3.37. The largest absolute Gasteiger partial charge is 0.381 e. The van der Waals surface area contributed by atoms with E-state index in [0.29, 0.717) is 6.54 Å². The molecule has 0 aliphatic rings. The second-order valence-electron chi connectivity index (χ2n) is 4.55. The second-order valence-corrected chi connectivity index (χ2v) is 7.35. The van der Waals surface area contributed by atoms with Crippen LogP contribution >= 0.6 is 15.9 Å². The van der Waals surface area contributed by atoms with Crippen molar-refractivity contribution in [3.63, 3.8) is 0 Å². The first-order valence-electron chi connectivity index (χ1n) is 6.30. The van der Waals surface area contributed by atoms with Crippen LogP contribution in [0.5, 0.6) is 0 Å². The van der Waals surface area contributed by atoms with E-state index >= 15 is 0 Å². The van der Waals surface area contributed by atoms with Gasteiger partial charge in [0.25, 0.3) is 0 Å². The predicted octanol–water partition coefficient (Wildman–Crippen LogP) is 2.67. The van der Waals surface area contributed by atoms with Crippen LogP contribution in [0.2, 0.25) is 0 Å². The maximum absolute atomic E-state index is 11.8. The molecule has 21 heavy (non-hydrogen) atoms. The molecule has 1 aromatic carbocycles. The lowest BCUT2D eigenvalue weighted by molar-refractivity contribution is 0.588. The maximum atomic E-state index is 11.8.